The van der Waals surface area contributed by atoms with Gasteiger partial charge in [0, 0.05) is 61.3 Å². The number of rotatable bonds is 3. The number of hydrogen-bond donors (Lipinski definition) is 1. The third-order valence-corrected chi connectivity index (χ3v) is 7.69. The van der Waals surface area contributed by atoms with Crippen LogP contribution in [0.4, 0.5) is 11.5 Å². The lowest BCUT2D eigenvalue weighted by Gasteiger charge is -2.47. The number of fused-ring (bicyclic) bond motifs is 2. The maximum absolute atomic E-state index is 11.9. The van der Waals surface area contributed by atoms with E-state index < -0.39 is 0 Å². The number of hydrogen-bond acceptors (Lipinski definition) is 7. The van der Waals surface area contributed by atoms with Crippen LogP contribution in [0.2, 0.25) is 0 Å². The first-order valence-electron chi connectivity index (χ1n) is 12.8. The largest absolute Gasteiger partial charge is 0.485 e. The summed E-state index contributed by atoms with van der Waals surface area (Å²) >= 11 is 0. The van der Waals surface area contributed by atoms with Crippen molar-refractivity contribution in [2.45, 2.75) is 45.3 Å². The molecule has 1 N–H and O–H groups in total. The molecule has 0 saturated carbocycles. The van der Waals surface area contributed by atoms with E-state index in [1.54, 1.807) is 11.6 Å². The van der Waals surface area contributed by atoms with Crippen LogP contribution in [-0.4, -0.2) is 67.7 Å². The number of carbonyl (C=O) groups excluding carboxylic acids is 1. The molecule has 2 saturated heterocycles. The fourth-order valence-corrected chi connectivity index (χ4v) is 5.62. The first-order chi connectivity index (χ1) is 18.0. The SMILES string of the molecule is CC#CC(=O)N1CC(N2CCC(c3cc4c(c(C)n3)OCc3c(-c5cnn(C)c5)ccnc3N4)CC2)C1. The topological polar surface area (TPSA) is 88.4 Å². The second-order valence-corrected chi connectivity index (χ2v) is 10.1. The highest BCUT2D eigenvalue weighted by molar-refractivity contribution is 5.94. The summed E-state index contributed by atoms with van der Waals surface area (Å²) in [4.78, 5) is 25.9. The molecule has 3 aliphatic heterocycles. The number of ether oxygens (including phenoxy) is 1. The van der Waals surface area contributed by atoms with Crippen LogP contribution in [0.1, 0.15) is 42.6 Å². The predicted molar refractivity (Wildman–Crippen MR) is 140 cm³/mol. The molecule has 3 aliphatic rings. The van der Waals surface area contributed by atoms with Crippen molar-refractivity contribution in [2.75, 3.05) is 31.5 Å². The lowest BCUT2D eigenvalue weighted by Crippen LogP contribution is -2.61. The summed E-state index contributed by atoms with van der Waals surface area (Å²) in [5.74, 6) is 7.26. The van der Waals surface area contributed by atoms with Gasteiger partial charge in [-0.05, 0) is 63.4 Å². The second kappa shape index (κ2) is 9.52. The van der Waals surface area contributed by atoms with Crippen molar-refractivity contribution in [3.05, 3.63) is 47.7 Å². The number of piperidine rings is 1. The average molecular weight is 498 g/mol. The Morgan fingerprint density at radius 3 is 2.78 bits per heavy atom. The van der Waals surface area contributed by atoms with E-state index in [9.17, 15) is 4.79 Å². The van der Waals surface area contributed by atoms with Gasteiger partial charge in [0.2, 0.25) is 0 Å². The summed E-state index contributed by atoms with van der Waals surface area (Å²) in [6.07, 6.45) is 7.79. The van der Waals surface area contributed by atoms with E-state index in [1.165, 1.54) is 0 Å². The number of nitrogens with zero attached hydrogens (tertiary/aromatic N) is 6. The van der Waals surface area contributed by atoms with Crippen molar-refractivity contribution in [1.82, 2.24) is 29.5 Å². The van der Waals surface area contributed by atoms with E-state index in [0.717, 1.165) is 84.4 Å². The predicted octanol–water partition coefficient (Wildman–Crippen LogP) is 3.24. The van der Waals surface area contributed by atoms with E-state index in [1.807, 2.05) is 43.5 Å². The Hall–Kier alpha value is -3.90. The van der Waals surface area contributed by atoms with E-state index in [-0.39, 0.29) is 5.91 Å². The zero-order chi connectivity index (χ0) is 25.5. The monoisotopic (exact) mass is 497 g/mol. The maximum Gasteiger partial charge on any atom is 0.298 e. The summed E-state index contributed by atoms with van der Waals surface area (Å²) in [6, 6.07) is 4.59. The highest BCUT2D eigenvalue weighted by Crippen LogP contribution is 2.40. The average Bonchev–Trinajstić information content (AvgIpc) is 3.19. The molecule has 2 fully saturated rings. The van der Waals surface area contributed by atoms with Crippen molar-refractivity contribution >= 4 is 17.4 Å². The third-order valence-electron chi connectivity index (χ3n) is 7.69. The highest BCUT2D eigenvalue weighted by atomic mass is 16.5. The van der Waals surface area contributed by atoms with Crippen LogP contribution in [-0.2, 0) is 18.4 Å². The standard InChI is InChI=1S/C28H31N7O2/c1-4-5-26(36)35-15-21(16-35)34-10-7-19(8-11-34)24-12-25-27(18(2)31-24)37-17-23-22(6-9-29-28(23)32-25)20-13-30-33(3)14-20/h6,9,12-14,19,21H,7-8,10-11,15-17H2,1-3H3,(H,29,32). The van der Waals surface area contributed by atoms with Gasteiger partial charge in [-0.2, -0.15) is 5.10 Å². The number of carbonyl (C=O) groups is 1. The Morgan fingerprint density at radius 1 is 1.24 bits per heavy atom. The fourth-order valence-electron chi connectivity index (χ4n) is 5.62. The van der Waals surface area contributed by atoms with Crippen LogP contribution in [0.5, 0.6) is 5.75 Å². The minimum atomic E-state index is -0.0587. The summed E-state index contributed by atoms with van der Waals surface area (Å²) in [5, 5.41) is 7.87. The lowest BCUT2D eigenvalue weighted by molar-refractivity contribution is -0.132. The van der Waals surface area contributed by atoms with Crippen molar-refractivity contribution < 1.29 is 9.53 Å². The molecule has 0 aromatic carbocycles. The molecule has 0 spiro atoms. The van der Waals surface area contributed by atoms with Crippen molar-refractivity contribution in [3.63, 3.8) is 0 Å². The molecule has 9 heteroatoms. The first kappa shape index (κ1) is 23.5. The number of anilines is 2. The summed E-state index contributed by atoms with van der Waals surface area (Å²) < 4.78 is 8.09. The first-order valence-corrected chi connectivity index (χ1v) is 12.8. The molecule has 190 valence electrons. The molecule has 3 aromatic rings. The van der Waals surface area contributed by atoms with E-state index in [0.29, 0.717) is 18.6 Å². The van der Waals surface area contributed by atoms with Crippen LogP contribution in [0, 0.1) is 18.8 Å². The molecule has 0 bridgehead atoms. The molecule has 6 heterocycles. The summed E-state index contributed by atoms with van der Waals surface area (Å²) in [6.45, 7) is 7.72. The van der Waals surface area contributed by atoms with Gasteiger partial charge >= 0.3 is 0 Å². The zero-order valence-electron chi connectivity index (χ0n) is 21.5. The number of pyridine rings is 2. The molecule has 6 rings (SSSR count). The zero-order valence-corrected chi connectivity index (χ0v) is 21.5. The fraction of sp³-hybridized carbons (Fsp3) is 0.429. The van der Waals surface area contributed by atoms with Crippen molar-refractivity contribution in [3.8, 4) is 28.7 Å². The molecule has 0 aliphatic carbocycles. The normalized spacial score (nSPS) is 17.9. The van der Waals surface area contributed by atoms with Gasteiger partial charge in [-0.25, -0.2) is 4.98 Å². The van der Waals surface area contributed by atoms with Gasteiger partial charge in [-0.1, -0.05) is 5.92 Å². The number of likely N-dealkylation sites (tertiary alicyclic amines) is 2. The van der Waals surface area contributed by atoms with Crippen LogP contribution in [0.25, 0.3) is 11.1 Å². The molecule has 0 atom stereocenters. The van der Waals surface area contributed by atoms with Gasteiger partial charge in [0.15, 0.2) is 5.75 Å². The van der Waals surface area contributed by atoms with E-state index in [2.05, 4.69) is 38.2 Å². The maximum atomic E-state index is 11.9. The molecule has 0 radical (unpaired) electrons. The smallest absolute Gasteiger partial charge is 0.298 e. The second-order valence-electron chi connectivity index (χ2n) is 10.1. The van der Waals surface area contributed by atoms with Crippen LogP contribution in [0.3, 0.4) is 0 Å². The van der Waals surface area contributed by atoms with E-state index in [4.69, 9.17) is 9.72 Å². The molecule has 9 nitrogen and oxygen atoms in total. The Bertz CT molecular complexity index is 1410. The van der Waals surface area contributed by atoms with Gasteiger partial charge < -0.3 is 15.0 Å². The summed E-state index contributed by atoms with van der Waals surface area (Å²) in [7, 11) is 1.92. The van der Waals surface area contributed by atoms with Gasteiger partial charge in [0.05, 0.1) is 17.6 Å². The number of aromatic nitrogens is 4. The van der Waals surface area contributed by atoms with Crippen molar-refractivity contribution in [1.29, 1.82) is 0 Å². The Kier molecular flexibility index (Phi) is 6.05. The van der Waals surface area contributed by atoms with Crippen molar-refractivity contribution in [2.24, 2.45) is 7.05 Å². The quantitative estimate of drug-likeness (QED) is 0.556. The Balaban J connectivity index is 1.17. The van der Waals surface area contributed by atoms with Gasteiger partial charge in [0.25, 0.3) is 5.91 Å². The molecule has 37 heavy (non-hydrogen) atoms. The minimum absolute atomic E-state index is 0.0587. The molecule has 3 aromatic heterocycles. The number of aryl methyl sites for hydroxylation is 2. The Morgan fingerprint density at radius 2 is 2.05 bits per heavy atom. The molecule has 1 amide bonds. The molecular formula is C28H31N7O2. The number of nitrogens with one attached hydrogen (secondary N) is 1. The van der Waals surface area contributed by atoms with E-state index >= 15 is 0 Å². The lowest BCUT2D eigenvalue weighted by atomic mass is 9.90. The third kappa shape index (κ3) is 4.42. The van der Waals surface area contributed by atoms with Crippen LogP contribution in [0.15, 0.2) is 30.7 Å². The van der Waals surface area contributed by atoms with Crippen LogP contribution < -0.4 is 10.1 Å². The van der Waals surface area contributed by atoms with Gasteiger partial charge in [0.1, 0.15) is 12.4 Å². The summed E-state index contributed by atoms with van der Waals surface area (Å²) in [5.41, 5.74) is 6.03. The van der Waals surface area contributed by atoms with Gasteiger partial charge in [-0.15, -0.1) is 0 Å². The Labute approximate surface area is 216 Å². The minimum Gasteiger partial charge on any atom is -0.485 e. The van der Waals surface area contributed by atoms with Crippen LogP contribution >= 0.6 is 0 Å². The number of amides is 1. The molecule has 0 unspecified atom stereocenters. The van der Waals surface area contributed by atoms with Gasteiger partial charge in [-0.3, -0.25) is 19.4 Å². The molecular weight excluding hydrogens is 466 g/mol. The highest BCUT2D eigenvalue weighted by Gasteiger charge is 2.36.